The van der Waals surface area contributed by atoms with Crippen LogP contribution in [0.25, 0.3) is 0 Å². The predicted molar refractivity (Wildman–Crippen MR) is 113 cm³/mol. The van der Waals surface area contributed by atoms with E-state index in [1.54, 1.807) is 0 Å². The summed E-state index contributed by atoms with van der Waals surface area (Å²) in [7, 11) is -3.70. The normalized spacial score (nSPS) is 15.6. The Balaban J connectivity index is 1.59. The molecule has 8 heteroatoms. The van der Waals surface area contributed by atoms with Gasteiger partial charge in [0.25, 0.3) is 0 Å². The van der Waals surface area contributed by atoms with Gasteiger partial charge in [0.1, 0.15) is 5.82 Å². The summed E-state index contributed by atoms with van der Waals surface area (Å²) in [4.78, 5) is 1.93. The van der Waals surface area contributed by atoms with Gasteiger partial charge in [-0.1, -0.05) is 32.0 Å². The number of benzene rings is 2. The summed E-state index contributed by atoms with van der Waals surface area (Å²) >= 11 is 5.48. The second kappa shape index (κ2) is 8.55. The third-order valence-corrected chi connectivity index (χ3v) is 7.04. The minimum atomic E-state index is -3.70. The van der Waals surface area contributed by atoms with Crippen LogP contribution in [0.2, 0.25) is 0 Å². The molecule has 28 heavy (non-hydrogen) atoms. The molecule has 2 aromatic rings. The maximum Gasteiger partial charge on any atom is 0.243 e. The van der Waals surface area contributed by atoms with Crippen LogP contribution in [0.3, 0.4) is 0 Å². The Labute approximate surface area is 171 Å². The molecule has 5 nitrogen and oxygen atoms in total. The van der Waals surface area contributed by atoms with Gasteiger partial charge in [-0.05, 0) is 54.0 Å². The SMILES string of the molecule is CC(C)c1ccc(NC(=S)N2CCN(S(=O)(=O)c3cccc(F)c3)CC2)cc1. The molecule has 1 fully saturated rings. The van der Waals surface area contributed by atoms with Crippen molar-refractivity contribution in [2.24, 2.45) is 0 Å². The zero-order chi connectivity index (χ0) is 20.3. The van der Waals surface area contributed by atoms with E-state index in [0.29, 0.717) is 37.2 Å². The van der Waals surface area contributed by atoms with Crippen molar-refractivity contribution in [2.75, 3.05) is 31.5 Å². The van der Waals surface area contributed by atoms with Crippen LogP contribution in [0.5, 0.6) is 0 Å². The molecule has 150 valence electrons. The predicted octanol–water partition coefficient (Wildman–Crippen LogP) is 3.65. The molecule has 0 spiro atoms. The maximum absolute atomic E-state index is 13.4. The lowest BCUT2D eigenvalue weighted by Crippen LogP contribution is -2.51. The van der Waals surface area contributed by atoms with Crippen molar-refractivity contribution in [1.29, 1.82) is 0 Å². The number of sulfonamides is 1. The molecule has 1 aliphatic heterocycles. The average molecular weight is 422 g/mol. The fourth-order valence-corrected chi connectivity index (χ4v) is 4.82. The van der Waals surface area contributed by atoms with E-state index in [-0.39, 0.29) is 4.90 Å². The summed E-state index contributed by atoms with van der Waals surface area (Å²) in [5.41, 5.74) is 2.16. The first kappa shape index (κ1) is 20.7. The van der Waals surface area contributed by atoms with E-state index in [1.807, 2.05) is 17.0 Å². The van der Waals surface area contributed by atoms with Gasteiger partial charge in [-0.3, -0.25) is 0 Å². The van der Waals surface area contributed by atoms with E-state index >= 15 is 0 Å². The number of thiocarbonyl (C=S) groups is 1. The molecule has 0 saturated carbocycles. The summed E-state index contributed by atoms with van der Waals surface area (Å²) in [5.74, 6) is -0.0947. The molecule has 0 bridgehead atoms. The first-order valence-electron chi connectivity index (χ1n) is 9.19. The lowest BCUT2D eigenvalue weighted by atomic mass is 10.0. The molecular formula is C20H24FN3O2S2. The molecule has 1 N–H and O–H groups in total. The fourth-order valence-electron chi connectivity index (χ4n) is 3.06. The molecule has 0 atom stereocenters. The number of nitrogens with zero attached hydrogens (tertiary/aromatic N) is 2. The third-order valence-electron chi connectivity index (χ3n) is 4.79. The molecule has 1 aliphatic rings. The van der Waals surface area contributed by atoms with E-state index < -0.39 is 15.8 Å². The third kappa shape index (κ3) is 4.68. The number of rotatable bonds is 4. The Kier molecular flexibility index (Phi) is 6.32. The molecule has 1 saturated heterocycles. The van der Waals surface area contributed by atoms with Crippen LogP contribution in [0, 0.1) is 5.82 Å². The van der Waals surface area contributed by atoms with E-state index in [2.05, 4.69) is 31.3 Å². The van der Waals surface area contributed by atoms with E-state index in [4.69, 9.17) is 12.2 Å². The van der Waals surface area contributed by atoms with Gasteiger partial charge >= 0.3 is 0 Å². The van der Waals surface area contributed by atoms with Crippen molar-refractivity contribution in [3.8, 4) is 0 Å². The smallest absolute Gasteiger partial charge is 0.243 e. The molecule has 0 amide bonds. The highest BCUT2D eigenvalue weighted by Gasteiger charge is 2.29. The lowest BCUT2D eigenvalue weighted by Gasteiger charge is -2.35. The lowest BCUT2D eigenvalue weighted by molar-refractivity contribution is 0.268. The van der Waals surface area contributed by atoms with Gasteiger partial charge in [-0.15, -0.1) is 0 Å². The second-order valence-corrected chi connectivity index (χ2v) is 9.38. The van der Waals surface area contributed by atoms with E-state index in [0.717, 1.165) is 11.8 Å². The van der Waals surface area contributed by atoms with Crippen LogP contribution in [-0.4, -0.2) is 48.9 Å². The average Bonchev–Trinajstić information content (AvgIpc) is 2.68. The summed E-state index contributed by atoms with van der Waals surface area (Å²) in [6.45, 7) is 5.84. The van der Waals surface area contributed by atoms with Gasteiger partial charge in [0, 0.05) is 31.9 Å². The largest absolute Gasteiger partial charge is 0.346 e. The molecule has 2 aromatic carbocycles. The topological polar surface area (TPSA) is 52.6 Å². The molecule has 1 heterocycles. The molecule has 0 radical (unpaired) electrons. The molecule has 3 rings (SSSR count). The molecule has 0 aromatic heterocycles. The minimum Gasteiger partial charge on any atom is -0.346 e. The highest BCUT2D eigenvalue weighted by Crippen LogP contribution is 2.20. The van der Waals surface area contributed by atoms with Gasteiger partial charge in [0.2, 0.25) is 10.0 Å². The van der Waals surface area contributed by atoms with Crippen molar-refractivity contribution in [1.82, 2.24) is 9.21 Å². The first-order valence-corrected chi connectivity index (χ1v) is 11.0. The summed E-state index contributed by atoms with van der Waals surface area (Å²) in [6, 6.07) is 13.2. The van der Waals surface area contributed by atoms with Crippen molar-refractivity contribution >= 4 is 33.0 Å². The van der Waals surface area contributed by atoms with Crippen molar-refractivity contribution < 1.29 is 12.8 Å². The quantitative estimate of drug-likeness (QED) is 0.764. The van der Waals surface area contributed by atoms with Gasteiger partial charge in [0.15, 0.2) is 5.11 Å². The van der Waals surface area contributed by atoms with E-state index in [9.17, 15) is 12.8 Å². The number of hydrogen-bond acceptors (Lipinski definition) is 3. The zero-order valence-corrected chi connectivity index (χ0v) is 17.6. The maximum atomic E-state index is 13.4. The first-order chi connectivity index (χ1) is 13.3. The van der Waals surface area contributed by atoms with Gasteiger partial charge in [-0.2, -0.15) is 4.31 Å². The molecule has 0 aliphatic carbocycles. The number of piperazine rings is 1. The second-order valence-electron chi connectivity index (χ2n) is 7.06. The number of hydrogen-bond donors (Lipinski definition) is 1. The highest BCUT2D eigenvalue weighted by atomic mass is 32.2. The van der Waals surface area contributed by atoms with Crippen LogP contribution >= 0.6 is 12.2 Å². The van der Waals surface area contributed by atoms with Crippen LogP contribution in [0.15, 0.2) is 53.4 Å². The standard InChI is InChI=1S/C20H24FN3O2S2/c1-15(2)16-6-8-18(9-7-16)22-20(27)23-10-12-24(13-11-23)28(25,26)19-5-3-4-17(21)14-19/h3-9,14-15H,10-13H2,1-2H3,(H,22,27). The number of halogens is 1. The summed E-state index contributed by atoms with van der Waals surface area (Å²) in [6.07, 6.45) is 0. The summed E-state index contributed by atoms with van der Waals surface area (Å²) < 4.78 is 40.1. The van der Waals surface area contributed by atoms with Gasteiger partial charge < -0.3 is 10.2 Å². The Morgan fingerprint density at radius 2 is 1.71 bits per heavy atom. The van der Waals surface area contributed by atoms with Crippen molar-refractivity contribution in [2.45, 2.75) is 24.7 Å². The van der Waals surface area contributed by atoms with Crippen LogP contribution in [0.4, 0.5) is 10.1 Å². The van der Waals surface area contributed by atoms with Crippen LogP contribution in [-0.2, 0) is 10.0 Å². The minimum absolute atomic E-state index is 0.0214. The molecule has 0 unspecified atom stereocenters. The zero-order valence-electron chi connectivity index (χ0n) is 15.9. The Hall–Kier alpha value is -2.03. The Morgan fingerprint density at radius 1 is 1.07 bits per heavy atom. The monoisotopic (exact) mass is 421 g/mol. The number of nitrogens with one attached hydrogen (secondary N) is 1. The van der Waals surface area contributed by atoms with Crippen LogP contribution in [0.1, 0.15) is 25.3 Å². The Morgan fingerprint density at radius 3 is 2.29 bits per heavy atom. The number of anilines is 1. The highest BCUT2D eigenvalue weighted by molar-refractivity contribution is 7.89. The van der Waals surface area contributed by atoms with Crippen molar-refractivity contribution in [3.05, 3.63) is 59.9 Å². The van der Waals surface area contributed by atoms with Crippen LogP contribution < -0.4 is 5.32 Å². The van der Waals surface area contributed by atoms with Gasteiger partial charge in [0.05, 0.1) is 4.90 Å². The van der Waals surface area contributed by atoms with Crippen molar-refractivity contribution in [3.63, 3.8) is 0 Å². The molecular weight excluding hydrogens is 397 g/mol. The summed E-state index contributed by atoms with van der Waals surface area (Å²) in [5, 5.41) is 3.78. The van der Waals surface area contributed by atoms with E-state index in [1.165, 1.54) is 28.1 Å². The van der Waals surface area contributed by atoms with Gasteiger partial charge in [-0.25, -0.2) is 12.8 Å². The Bertz CT molecular complexity index is 938. The fraction of sp³-hybridized carbons (Fsp3) is 0.350.